The zero-order valence-electron chi connectivity index (χ0n) is 3.81. The molecule has 0 unspecified atom stereocenters. The van der Waals surface area contributed by atoms with E-state index in [4.69, 9.17) is 5.26 Å². The monoisotopic (exact) mass is 326 g/mol. The van der Waals surface area contributed by atoms with Crippen molar-refractivity contribution < 1.29 is 20.0 Å². The number of hydrogen-bond donors (Lipinski definition) is 1. The summed E-state index contributed by atoms with van der Waals surface area (Å²) in [6, 6.07) is 0. The van der Waals surface area contributed by atoms with Crippen LogP contribution < -0.4 is 0 Å². The summed E-state index contributed by atoms with van der Waals surface area (Å²) < 4.78 is -1.20. The third kappa shape index (κ3) is 4.26. The fourth-order valence-electron chi connectivity index (χ4n) is 0.0811. The highest BCUT2D eigenvalue weighted by atomic mass is 80.0. The summed E-state index contributed by atoms with van der Waals surface area (Å²) in [7, 11) is 0. The van der Waals surface area contributed by atoms with E-state index < -0.39 is 8.11 Å². The van der Waals surface area contributed by atoms with Crippen LogP contribution in [0.1, 0.15) is 0 Å². The van der Waals surface area contributed by atoms with Crippen molar-refractivity contribution in [3.05, 3.63) is 0 Å². The summed E-state index contributed by atoms with van der Waals surface area (Å²) in [5, 5.41) is 10.7. The molecule has 4 nitrogen and oxygen atoms in total. The van der Waals surface area contributed by atoms with Gasteiger partial charge in [-0.2, -0.15) is 0 Å². The predicted octanol–water partition coefficient (Wildman–Crippen LogP) is 1.77. The van der Waals surface area contributed by atoms with Gasteiger partial charge in [0.15, 0.2) is 0 Å². The van der Waals surface area contributed by atoms with Crippen LogP contribution in [0.2, 0.25) is 0 Å². The molecule has 0 aliphatic heterocycles. The molecule has 1 N–H and O–H groups in total. The van der Waals surface area contributed by atoms with Crippen LogP contribution in [0.4, 0.5) is 0 Å². The molecule has 0 saturated carbocycles. The van der Waals surface area contributed by atoms with Crippen molar-refractivity contribution in [1.82, 2.24) is 0 Å². The molecule has 0 heterocycles. The van der Waals surface area contributed by atoms with Gasteiger partial charge in [-0.15, -0.1) is 0 Å². The van der Waals surface area contributed by atoms with Crippen LogP contribution in [0.25, 0.3) is 0 Å². The van der Waals surface area contributed by atoms with E-state index in [9.17, 15) is 4.79 Å². The van der Waals surface area contributed by atoms with Gasteiger partial charge in [0.05, 0.1) is 0 Å². The number of carbonyl (C=O) groups is 1. The average molecular weight is 329 g/mol. The van der Waals surface area contributed by atoms with E-state index in [2.05, 4.69) is 57.7 Å². The van der Waals surface area contributed by atoms with Crippen LogP contribution >= 0.6 is 47.8 Å². The first kappa shape index (κ1) is 9.83. The molecule has 0 bridgehead atoms. The first-order valence-electron chi connectivity index (χ1n) is 1.57. The van der Waals surface area contributed by atoms with E-state index >= 15 is 0 Å². The summed E-state index contributed by atoms with van der Waals surface area (Å²) in [6.45, 7) is 0. The molecule has 0 aromatic rings. The molecule has 0 radical (unpaired) electrons. The molecule has 0 aromatic carbocycles. The largest absolute Gasteiger partial charge is 0.383 e. The Kier molecular flexibility index (Phi) is 4.22. The zero-order chi connectivity index (χ0) is 7.49. The number of hydrogen-bond acceptors (Lipinski definition) is 4. The van der Waals surface area contributed by atoms with Crippen molar-refractivity contribution >= 4 is 53.8 Å². The van der Waals surface area contributed by atoms with Crippen LogP contribution in [0.15, 0.2) is 0 Å². The number of halogens is 3. The minimum absolute atomic E-state index is 0.856. The van der Waals surface area contributed by atoms with E-state index in [0.29, 0.717) is 0 Å². The maximum Gasteiger partial charge on any atom is 0.383 e. The van der Waals surface area contributed by atoms with Crippen molar-refractivity contribution in [3.8, 4) is 0 Å². The quantitative estimate of drug-likeness (QED) is 0.453. The van der Waals surface area contributed by atoms with Crippen LogP contribution in [-0.4, -0.2) is 13.4 Å². The molecular weight excluding hydrogens is 328 g/mol. The van der Waals surface area contributed by atoms with E-state index in [1.54, 1.807) is 0 Å². The Morgan fingerprint density at radius 1 is 1.44 bits per heavy atom. The van der Waals surface area contributed by atoms with Gasteiger partial charge >= 0.3 is 5.97 Å². The Morgan fingerprint density at radius 3 is 2.00 bits per heavy atom. The molecule has 0 aliphatic carbocycles. The lowest BCUT2D eigenvalue weighted by molar-refractivity contribution is -0.461. The lowest BCUT2D eigenvalue weighted by Gasteiger charge is -2.05. The molecule has 54 valence electrons. The Hall–Kier alpha value is 0.830. The van der Waals surface area contributed by atoms with E-state index in [1.807, 2.05) is 0 Å². The third-order valence-corrected chi connectivity index (χ3v) is 1.32. The molecule has 0 aromatic heterocycles. The minimum atomic E-state index is -1.20. The zero-order valence-corrected chi connectivity index (χ0v) is 8.56. The highest BCUT2D eigenvalue weighted by molar-refractivity contribution is 9.40. The second kappa shape index (κ2) is 3.87. The molecule has 0 atom stereocenters. The maximum atomic E-state index is 10.4. The third-order valence-electron chi connectivity index (χ3n) is 0.344. The predicted molar refractivity (Wildman–Crippen MR) is 39.3 cm³/mol. The number of rotatable bonds is 1. The fourth-order valence-corrected chi connectivity index (χ4v) is 0.279. The Bertz CT molecular complexity index is 107. The van der Waals surface area contributed by atoms with Crippen LogP contribution in [0, 0.1) is 0 Å². The second-order valence-corrected chi connectivity index (χ2v) is 7.70. The summed E-state index contributed by atoms with van der Waals surface area (Å²) >= 11 is 8.44. The highest BCUT2D eigenvalue weighted by Gasteiger charge is 2.31. The van der Waals surface area contributed by atoms with Crippen molar-refractivity contribution in [1.29, 1.82) is 0 Å². The molecule has 0 aliphatic rings. The minimum Gasteiger partial charge on any atom is -0.265 e. The smallest absolute Gasteiger partial charge is 0.265 e. The number of carbonyl (C=O) groups excluding carboxylic acids is 1. The second-order valence-electron chi connectivity index (χ2n) is 0.943. The Balaban J connectivity index is 3.74. The summed E-state index contributed by atoms with van der Waals surface area (Å²) in [4.78, 5) is 14.1. The van der Waals surface area contributed by atoms with Gasteiger partial charge in [-0.05, 0) is 52.8 Å². The van der Waals surface area contributed by atoms with Gasteiger partial charge in [-0.25, -0.2) is 10.1 Å². The molecule has 0 amide bonds. The van der Waals surface area contributed by atoms with Gasteiger partial charge in [0.1, 0.15) is 0 Å². The van der Waals surface area contributed by atoms with Gasteiger partial charge in [0.25, 0.3) is 0 Å². The average Bonchev–Trinajstić information content (AvgIpc) is 1.64. The van der Waals surface area contributed by atoms with Crippen molar-refractivity contribution in [3.63, 3.8) is 0 Å². The van der Waals surface area contributed by atoms with Gasteiger partial charge in [0, 0.05) is 0 Å². The van der Waals surface area contributed by atoms with Gasteiger partial charge in [-0.1, -0.05) is 0 Å². The maximum absolute atomic E-state index is 10.4. The highest BCUT2D eigenvalue weighted by Crippen LogP contribution is 2.34. The first-order chi connectivity index (χ1) is 3.98. The summed E-state index contributed by atoms with van der Waals surface area (Å²) in [5.74, 6) is -0.856. The standard InChI is InChI=1S/C2HBr3O4/c3-2(4,5)1(6)8-9-7/h7H. The lowest BCUT2D eigenvalue weighted by atomic mass is 10.8. The molecule has 0 fully saturated rings. The van der Waals surface area contributed by atoms with Crippen LogP contribution in [-0.2, 0) is 14.7 Å². The van der Waals surface area contributed by atoms with Crippen molar-refractivity contribution in [2.24, 2.45) is 0 Å². The van der Waals surface area contributed by atoms with Crippen molar-refractivity contribution in [2.45, 2.75) is 2.14 Å². The van der Waals surface area contributed by atoms with Gasteiger partial charge in [-0.3, -0.25) is 4.89 Å². The molecule has 0 saturated heterocycles. The Morgan fingerprint density at radius 2 is 1.89 bits per heavy atom. The van der Waals surface area contributed by atoms with E-state index in [0.717, 1.165) is 0 Å². The van der Waals surface area contributed by atoms with Crippen LogP contribution in [0.3, 0.4) is 0 Å². The first-order valence-corrected chi connectivity index (χ1v) is 3.95. The molecule has 0 rings (SSSR count). The van der Waals surface area contributed by atoms with E-state index in [1.165, 1.54) is 0 Å². The lowest BCUT2D eigenvalue weighted by Crippen LogP contribution is -2.19. The molecular formula is C2HBr3O4. The normalized spacial score (nSPS) is 11.1. The van der Waals surface area contributed by atoms with E-state index in [-0.39, 0.29) is 0 Å². The van der Waals surface area contributed by atoms with Gasteiger partial charge < -0.3 is 0 Å². The molecule has 0 spiro atoms. The molecule has 7 heteroatoms. The van der Waals surface area contributed by atoms with Gasteiger partial charge in [0.2, 0.25) is 2.14 Å². The van der Waals surface area contributed by atoms with Crippen molar-refractivity contribution in [2.75, 3.05) is 0 Å². The summed E-state index contributed by atoms with van der Waals surface area (Å²) in [6.07, 6.45) is 0. The molecule has 9 heavy (non-hydrogen) atoms. The SMILES string of the molecule is O=C(OOO)C(Br)(Br)Br. The fraction of sp³-hybridized carbons (Fsp3) is 0.500. The summed E-state index contributed by atoms with van der Waals surface area (Å²) in [5.41, 5.74) is 0. The topological polar surface area (TPSA) is 55.8 Å². The number of alkyl halides is 3. The van der Waals surface area contributed by atoms with Crippen LogP contribution in [0.5, 0.6) is 0 Å². The Labute approximate surface area is 75.7 Å².